The average Bonchev–Trinajstić information content (AvgIpc) is 2.44. The van der Waals surface area contributed by atoms with E-state index in [1.165, 1.54) is 18.2 Å². The molecule has 7 nitrogen and oxygen atoms in total. The van der Waals surface area contributed by atoms with Gasteiger partial charge in [-0.15, -0.1) is 6.58 Å². The number of nitro groups is 1. The highest BCUT2D eigenvalue weighted by Crippen LogP contribution is 2.18. The van der Waals surface area contributed by atoms with Crippen LogP contribution in [0, 0.1) is 10.1 Å². The Bertz CT molecular complexity index is 578. The van der Waals surface area contributed by atoms with E-state index in [0.29, 0.717) is 0 Å². The van der Waals surface area contributed by atoms with E-state index in [1.807, 2.05) is 0 Å². The zero-order valence-electron chi connectivity index (χ0n) is 10.4. The lowest BCUT2D eigenvalue weighted by Crippen LogP contribution is -2.21. The van der Waals surface area contributed by atoms with Gasteiger partial charge in [0.1, 0.15) is 5.56 Å². The Morgan fingerprint density at radius 3 is 2.55 bits per heavy atom. The number of hydrogen-bond acceptors (Lipinski definition) is 6. The highest BCUT2D eigenvalue weighted by molar-refractivity contribution is 6.35. The molecule has 0 aromatic heterocycles. The standard InChI is InChI=1S/C13H11NO6/c1-2-3-8-11(15)13(17)20-12(16)9-6-4-5-7-10(9)14(18)19/h2,4-7H,1,3,8H2. The maximum Gasteiger partial charge on any atom is 0.382 e. The number of Topliss-reactive ketones (excluding diaryl/α,β-unsaturated/α-hetero) is 1. The molecule has 1 aromatic carbocycles. The summed E-state index contributed by atoms with van der Waals surface area (Å²) in [4.78, 5) is 44.2. The molecule has 0 N–H and O–H groups in total. The Morgan fingerprint density at radius 1 is 1.30 bits per heavy atom. The lowest BCUT2D eigenvalue weighted by molar-refractivity contribution is -0.385. The number of esters is 2. The van der Waals surface area contributed by atoms with Gasteiger partial charge in [0.15, 0.2) is 0 Å². The van der Waals surface area contributed by atoms with Gasteiger partial charge in [-0.3, -0.25) is 14.9 Å². The van der Waals surface area contributed by atoms with Crippen LogP contribution in [0.15, 0.2) is 36.9 Å². The molecule has 0 saturated carbocycles. The minimum atomic E-state index is -1.34. The fourth-order valence-corrected chi connectivity index (χ4v) is 1.34. The molecule has 0 spiro atoms. The lowest BCUT2D eigenvalue weighted by atomic mass is 10.2. The molecule has 0 bridgehead atoms. The second kappa shape index (κ2) is 6.93. The average molecular weight is 277 g/mol. The Labute approximate surface area is 114 Å². The van der Waals surface area contributed by atoms with Gasteiger partial charge in [-0.05, 0) is 12.5 Å². The van der Waals surface area contributed by atoms with E-state index >= 15 is 0 Å². The largest absolute Gasteiger partial charge is 0.383 e. The molecule has 104 valence electrons. The SMILES string of the molecule is C=CCCC(=O)C(=O)OC(=O)c1ccccc1[N+](=O)[O-]. The first-order valence-corrected chi connectivity index (χ1v) is 5.61. The summed E-state index contributed by atoms with van der Waals surface area (Å²) in [6.45, 7) is 3.39. The second-order valence-electron chi connectivity index (χ2n) is 3.70. The fraction of sp³-hybridized carbons (Fsp3) is 0.154. The number of carbonyl (C=O) groups is 3. The van der Waals surface area contributed by atoms with Crippen LogP contribution in [0.4, 0.5) is 5.69 Å². The Kier molecular flexibility index (Phi) is 5.28. The summed E-state index contributed by atoms with van der Waals surface area (Å²) in [6, 6.07) is 4.99. The van der Waals surface area contributed by atoms with E-state index in [0.717, 1.165) is 12.1 Å². The zero-order chi connectivity index (χ0) is 15.1. The van der Waals surface area contributed by atoms with Gasteiger partial charge in [-0.25, -0.2) is 9.59 Å². The smallest absolute Gasteiger partial charge is 0.382 e. The van der Waals surface area contributed by atoms with Crippen LogP contribution < -0.4 is 0 Å². The molecule has 0 amide bonds. The van der Waals surface area contributed by atoms with Crippen molar-refractivity contribution in [1.82, 2.24) is 0 Å². The van der Waals surface area contributed by atoms with Gasteiger partial charge >= 0.3 is 11.9 Å². The molecule has 0 aliphatic heterocycles. The third-order valence-electron chi connectivity index (χ3n) is 2.31. The number of nitrogens with zero attached hydrogens (tertiary/aromatic N) is 1. The van der Waals surface area contributed by atoms with E-state index in [4.69, 9.17) is 0 Å². The first kappa shape index (κ1) is 15.2. The van der Waals surface area contributed by atoms with Crippen molar-refractivity contribution in [3.05, 3.63) is 52.6 Å². The first-order chi connectivity index (χ1) is 9.47. The first-order valence-electron chi connectivity index (χ1n) is 5.61. The van der Waals surface area contributed by atoms with Crippen molar-refractivity contribution in [2.75, 3.05) is 0 Å². The topological polar surface area (TPSA) is 104 Å². The van der Waals surface area contributed by atoms with Crippen molar-refractivity contribution in [2.45, 2.75) is 12.8 Å². The van der Waals surface area contributed by atoms with Crippen molar-refractivity contribution in [3.8, 4) is 0 Å². The summed E-state index contributed by atoms with van der Waals surface area (Å²) in [6.07, 6.45) is 1.58. The number of benzene rings is 1. The molecule has 7 heteroatoms. The molecule has 0 atom stereocenters. The van der Waals surface area contributed by atoms with Crippen LogP contribution >= 0.6 is 0 Å². The Balaban J connectivity index is 2.82. The van der Waals surface area contributed by atoms with E-state index < -0.39 is 28.3 Å². The maximum atomic E-state index is 11.6. The van der Waals surface area contributed by atoms with E-state index in [9.17, 15) is 24.5 Å². The van der Waals surface area contributed by atoms with Crippen LogP contribution in [-0.2, 0) is 14.3 Å². The van der Waals surface area contributed by atoms with Crippen LogP contribution in [0.1, 0.15) is 23.2 Å². The Morgan fingerprint density at radius 2 is 1.95 bits per heavy atom. The highest BCUT2D eigenvalue weighted by atomic mass is 16.6. The van der Waals surface area contributed by atoms with E-state index in [1.54, 1.807) is 0 Å². The van der Waals surface area contributed by atoms with Crippen molar-refractivity contribution < 1.29 is 24.0 Å². The molecule has 1 aromatic rings. The molecular weight excluding hydrogens is 266 g/mol. The van der Waals surface area contributed by atoms with Crippen molar-refractivity contribution >= 4 is 23.4 Å². The predicted molar refractivity (Wildman–Crippen MR) is 68.0 cm³/mol. The summed E-state index contributed by atoms with van der Waals surface area (Å²) in [5.74, 6) is -3.46. The molecule has 0 radical (unpaired) electrons. The minimum Gasteiger partial charge on any atom is -0.383 e. The summed E-state index contributed by atoms with van der Waals surface area (Å²) in [7, 11) is 0. The molecule has 0 fully saturated rings. The highest BCUT2D eigenvalue weighted by Gasteiger charge is 2.25. The van der Waals surface area contributed by atoms with E-state index in [2.05, 4.69) is 11.3 Å². The fourth-order valence-electron chi connectivity index (χ4n) is 1.34. The van der Waals surface area contributed by atoms with Crippen LogP contribution in [-0.4, -0.2) is 22.6 Å². The van der Waals surface area contributed by atoms with Gasteiger partial charge in [0.2, 0.25) is 5.78 Å². The van der Waals surface area contributed by atoms with Crippen LogP contribution in [0.3, 0.4) is 0 Å². The normalized spacial score (nSPS) is 9.60. The number of nitro benzene ring substituents is 1. The monoisotopic (exact) mass is 277 g/mol. The summed E-state index contributed by atoms with van der Waals surface area (Å²) >= 11 is 0. The number of carbonyl (C=O) groups excluding carboxylic acids is 3. The van der Waals surface area contributed by atoms with Gasteiger partial charge in [0, 0.05) is 12.5 Å². The number of allylic oxidation sites excluding steroid dienone is 1. The van der Waals surface area contributed by atoms with Gasteiger partial charge in [-0.2, -0.15) is 0 Å². The van der Waals surface area contributed by atoms with Crippen molar-refractivity contribution in [1.29, 1.82) is 0 Å². The molecule has 0 heterocycles. The molecule has 1 rings (SSSR count). The molecule has 0 aliphatic carbocycles. The van der Waals surface area contributed by atoms with E-state index in [-0.39, 0.29) is 18.4 Å². The van der Waals surface area contributed by atoms with Crippen LogP contribution in [0.25, 0.3) is 0 Å². The molecular formula is C13H11NO6. The van der Waals surface area contributed by atoms with Crippen molar-refractivity contribution in [3.63, 3.8) is 0 Å². The third-order valence-corrected chi connectivity index (χ3v) is 2.31. The molecule has 0 unspecified atom stereocenters. The molecule has 0 aliphatic rings. The second-order valence-corrected chi connectivity index (χ2v) is 3.70. The van der Waals surface area contributed by atoms with Gasteiger partial charge in [-0.1, -0.05) is 18.2 Å². The quantitative estimate of drug-likeness (QED) is 0.196. The Hall–Kier alpha value is -2.83. The van der Waals surface area contributed by atoms with Gasteiger partial charge < -0.3 is 4.74 Å². The molecule has 0 saturated heterocycles. The lowest BCUT2D eigenvalue weighted by Gasteiger charge is -2.02. The number of ether oxygens (including phenoxy) is 1. The number of hydrogen-bond donors (Lipinski definition) is 0. The predicted octanol–water partition coefficient (Wildman–Crippen LogP) is 1.81. The minimum absolute atomic E-state index is 0.132. The van der Waals surface area contributed by atoms with Crippen LogP contribution in [0.2, 0.25) is 0 Å². The maximum absolute atomic E-state index is 11.6. The number of ketones is 1. The van der Waals surface area contributed by atoms with Crippen molar-refractivity contribution in [2.24, 2.45) is 0 Å². The third kappa shape index (κ3) is 3.84. The van der Waals surface area contributed by atoms with Crippen LogP contribution in [0.5, 0.6) is 0 Å². The molecule has 20 heavy (non-hydrogen) atoms. The number of rotatable bonds is 6. The summed E-state index contributed by atoms with van der Waals surface area (Å²) in [5, 5.41) is 10.7. The summed E-state index contributed by atoms with van der Waals surface area (Å²) in [5.41, 5.74) is -0.883. The number of para-hydroxylation sites is 1. The van der Waals surface area contributed by atoms with Gasteiger partial charge in [0.25, 0.3) is 5.69 Å². The zero-order valence-corrected chi connectivity index (χ0v) is 10.4. The van der Waals surface area contributed by atoms with Gasteiger partial charge in [0.05, 0.1) is 4.92 Å². The summed E-state index contributed by atoms with van der Waals surface area (Å²) < 4.78 is 4.32.